The minimum atomic E-state index is -4.77. The number of aromatic nitrogens is 3. The molecule has 2 heterocycles. The van der Waals surface area contributed by atoms with Crippen LogP contribution in [0.1, 0.15) is 11.1 Å². The van der Waals surface area contributed by atoms with E-state index in [-0.39, 0.29) is 0 Å². The van der Waals surface area contributed by atoms with E-state index in [0.717, 1.165) is 5.56 Å². The molecule has 2 N–H and O–H groups in total. The minimum absolute atomic E-state index is 0.295. The smallest absolute Gasteiger partial charge is 0.352 e. The molecule has 0 saturated carbocycles. The fraction of sp³-hybridized carbons (Fsp3) is 0.107. The third-order valence-corrected chi connectivity index (χ3v) is 6.25. The number of carbonyl (C=O) groups is 1. The first-order chi connectivity index (χ1) is 19.1. The Bertz CT molecular complexity index is 1690. The summed E-state index contributed by atoms with van der Waals surface area (Å²) in [4.78, 5) is 23.7. The summed E-state index contributed by atoms with van der Waals surface area (Å²) in [5.41, 5.74) is 1.31. The summed E-state index contributed by atoms with van der Waals surface area (Å²) in [5.74, 6) is -0.303. The second kappa shape index (κ2) is 10.9. The lowest BCUT2D eigenvalue weighted by Crippen LogP contribution is -2.22. The number of carbonyl (C=O) groups excluding carboxylic acids is 1. The Morgan fingerprint density at radius 2 is 1.82 bits per heavy atom. The van der Waals surface area contributed by atoms with E-state index in [4.69, 9.17) is 16.6 Å². The van der Waals surface area contributed by atoms with Gasteiger partial charge in [0.25, 0.3) is 0 Å². The van der Waals surface area contributed by atoms with Crippen molar-refractivity contribution >= 4 is 40.5 Å². The standard InChI is InChI=1S/C28H21ClF4N6O/c1-38(15-17-5-7-19(29)8-6-17)26-25-34-11-12-39(25)16-24(36-26)18-3-2-4-21(13-18)35-27(40)37-23-14-20(30)9-10-22(23)28(31,32)33/h2-14,16H,15H2,1H3,(H2,35,37,40). The van der Waals surface area contributed by atoms with Gasteiger partial charge in [0.15, 0.2) is 11.5 Å². The zero-order valence-corrected chi connectivity index (χ0v) is 21.6. The number of alkyl halides is 3. The predicted octanol–water partition coefficient (Wildman–Crippen LogP) is 7.49. The molecule has 0 saturated heterocycles. The van der Waals surface area contributed by atoms with Crippen LogP contribution in [0.25, 0.3) is 16.9 Å². The number of halogens is 5. The number of imidazole rings is 1. The number of amides is 2. The van der Waals surface area contributed by atoms with E-state index in [1.807, 2.05) is 40.6 Å². The molecular weight excluding hydrogens is 548 g/mol. The first-order valence-electron chi connectivity index (χ1n) is 11.9. The zero-order chi connectivity index (χ0) is 28.4. The zero-order valence-electron chi connectivity index (χ0n) is 20.9. The number of fused-ring (bicyclic) bond motifs is 1. The second-order valence-corrected chi connectivity index (χ2v) is 9.37. The maximum atomic E-state index is 13.6. The molecule has 0 aliphatic heterocycles. The van der Waals surface area contributed by atoms with Gasteiger partial charge in [-0.25, -0.2) is 19.2 Å². The molecule has 12 heteroatoms. The van der Waals surface area contributed by atoms with Gasteiger partial charge < -0.3 is 19.9 Å². The van der Waals surface area contributed by atoms with E-state index in [1.54, 1.807) is 42.9 Å². The Balaban J connectivity index is 1.39. The number of hydrogen-bond acceptors (Lipinski definition) is 4. The van der Waals surface area contributed by atoms with Gasteiger partial charge in [0.05, 0.1) is 16.9 Å². The highest BCUT2D eigenvalue weighted by atomic mass is 35.5. The van der Waals surface area contributed by atoms with Crippen LogP contribution in [0.5, 0.6) is 0 Å². The quantitative estimate of drug-likeness (QED) is 0.208. The van der Waals surface area contributed by atoms with Gasteiger partial charge in [0, 0.05) is 48.5 Å². The van der Waals surface area contributed by atoms with Crippen molar-refractivity contribution in [2.45, 2.75) is 12.7 Å². The number of anilines is 3. The molecule has 0 aliphatic rings. The maximum Gasteiger partial charge on any atom is 0.418 e. The molecular formula is C28H21ClF4N6O. The van der Waals surface area contributed by atoms with E-state index >= 15 is 0 Å². The van der Waals surface area contributed by atoms with Gasteiger partial charge in [0.2, 0.25) is 0 Å². The van der Waals surface area contributed by atoms with E-state index in [2.05, 4.69) is 15.6 Å². The number of urea groups is 1. The lowest BCUT2D eigenvalue weighted by molar-refractivity contribution is -0.136. The number of nitrogens with zero attached hydrogens (tertiary/aromatic N) is 4. The van der Waals surface area contributed by atoms with Crippen molar-refractivity contribution < 1.29 is 22.4 Å². The molecule has 3 aromatic carbocycles. The monoisotopic (exact) mass is 568 g/mol. The molecule has 0 radical (unpaired) electrons. The van der Waals surface area contributed by atoms with Crippen LogP contribution in [0.15, 0.2) is 85.3 Å². The third-order valence-electron chi connectivity index (χ3n) is 6.00. The van der Waals surface area contributed by atoms with E-state index < -0.39 is 29.3 Å². The maximum absolute atomic E-state index is 13.6. The van der Waals surface area contributed by atoms with Crippen LogP contribution in [0.4, 0.5) is 39.5 Å². The summed E-state index contributed by atoms with van der Waals surface area (Å²) in [7, 11) is 1.89. The second-order valence-electron chi connectivity index (χ2n) is 8.94. The van der Waals surface area contributed by atoms with E-state index in [9.17, 15) is 22.4 Å². The molecule has 5 rings (SSSR count). The Labute approximate surface area is 231 Å². The highest BCUT2D eigenvalue weighted by molar-refractivity contribution is 6.30. The van der Waals surface area contributed by atoms with Gasteiger partial charge in [-0.05, 0) is 48.0 Å². The summed E-state index contributed by atoms with van der Waals surface area (Å²) in [6.07, 6.45) is 0.451. The Hall–Kier alpha value is -4.64. The van der Waals surface area contributed by atoms with E-state index in [0.29, 0.717) is 58.2 Å². The van der Waals surface area contributed by atoms with Crippen molar-refractivity contribution in [1.82, 2.24) is 14.4 Å². The summed E-state index contributed by atoms with van der Waals surface area (Å²) in [5, 5.41) is 5.22. The average Bonchev–Trinajstić information content (AvgIpc) is 3.37. The summed E-state index contributed by atoms with van der Waals surface area (Å²) in [6.45, 7) is 0.540. The van der Waals surface area contributed by atoms with Crippen molar-refractivity contribution in [1.29, 1.82) is 0 Å². The molecule has 0 unspecified atom stereocenters. The highest BCUT2D eigenvalue weighted by Crippen LogP contribution is 2.35. The third kappa shape index (κ3) is 5.99. The largest absolute Gasteiger partial charge is 0.418 e. The molecule has 40 heavy (non-hydrogen) atoms. The van der Waals surface area contributed by atoms with E-state index in [1.165, 1.54) is 0 Å². The van der Waals surface area contributed by atoms with Crippen LogP contribution in [0.3, 0.4) is 0 Å². The molecule has 7 nitrogen and oxygen atoms in total. The minimum Gasteiger partial charge on any atom is -0.352 e. The molecule has 0 aliphatic carbocycles. The SMILES string of the molecule is CN(Cc1ccc(Cl)cc1)c1nc(-c2cccc(NC(=O)Nc3cc(F)ccc3C(F)(F)F)c2)cn2ccnc12. The molecule has 0 fully saturated rings. The van der Waals surface area contributed by atoms with Crippen molar-refractivity contribution in [3.63, 3.8) is 0 Å². The lowest BCUT2D eigenvalue weighted by Gasteiger charge is -2.20. The fourth-order valence-electron chi connectivity index (χ4n) is 4.16. The summed E-state index contributed by atoms with van der Waals surface area (Å²) in [6, 6.07) is 15.0. The Morgan fingerprint density at radius 3 is 2.58 bits per heavy atom. The number of hydrogen-bond donors (Lipinski definition) is 2. The van der Waals surface area contributed by atoms with Gasteiger partial charge in [-0.1, -0.05) is 35.9 Å². The Kier molecular flexibility index (Phi) is 7.31. The number of rotatable bonds is 6. The number of benzene rings is 3. The average molecular weight is 569 g/mol. The van der Waals surface area contributed by atoms with Crippen LogP contribution in [-0.4, -0.2) is 27.4 Å². The van der Waals surface area contributed by atoms with Gasteiger partial charge in [0.1, 0.15) is 5.82 Å². The fourth-order valence-corrected chi connectivity index (χ4v) is 4.28. The van der Waals surface area contributed by atoms with Crippen molar-refractivity contribution in [2.24, 2.45) is 0 Å². The van der Waals surface area contributed by atoms with Gasteiger partial charge in [-0.3, -0.25) is 0 Å². The van der Waals surface area contributed by atoms with Crippen LogP contribution < -0.4 is 15.5 Å². The van der Waals surface area contributed by atoms with Gasteiger partial charge in [-0.2, -0.15) is 13.2 Å². The molecule has 2 amide bonds. The van der Waals surface area contributed by atoms with Gasteiger partial charge in [-0.15, -0.1) is 0 Å². The normalized spacial score (nSPS) is 11.4. The molecule has 5 aromatic rings. The van der Waals surface area contributed by atoms with Gasteiger partial charge >= 0.3 is 12.2 Å². The molecule has 204 valence electrons. The van der Waals surface area contributed by atoms with Crippen LogP contribution in [0.2, 0.25) is 5.02 Å². The van der Waals surface area contributed by atoms with Crippen LogP contribution in [-0.2, 0) is 12.7 Å². The number of nitrogens with one attached hydrogen (secondary N) is 2. The van der Waals surface area contributed by atoms with Crippen molar-refractivity contribution in [2.75, 3.05) is 22.6 Å². The van der Waals surface area contributed by atoms with Crippen molar-refractivity contribution in [3.8, 4) is 11.3 Å². The van der Waals surface area contributed by atoms with Crippen LogP contribution >= 0.6 is 11.6 Å². The summed E-state index contributed by atoms with van der Waals surface area (Å²) >= 11 is 6.00. The van der Waals surface area contributed by atoms with Crippen LogP contribution in [0, 0.1) is 5.82 Å². The predicted molar refractivity (Wildman–Crippen MR) is 146 cm³/mol. The first-order valence-corrected chi connectivity index (χ1v) is 12.3. The first kappa shape index (κ1) is 26.9. The topological polar surface area (TPSA) is 74.6 Å². The molecule has 2 aromatic heterocycles. The summed E-state index contributed by atoms with van der Waals surface area (Å²) < 4.78 is 55.3. The molecule has 0 atom stereocenters. The molecule has 0 bridgehead atoms. The van der Waals surface area contributed by atoms with Crippen molar-refractivity contribution in [3.05, 3.63) is 107 Å². The Morgan fingerprint density at radius 1 is 1.05 bits per heavy atom. The lowest BCUT2D eigenvalue weighted by atomic mass is 10.1. The highest BCUT2D eigenvalue weighted by Gasteiger charge is 2.34. The molecule has 0 spiro atoms.